The van der Waals surface area contributed by atoms with Gasteiger partial charge in [0.1, 0.15) is 0 Å². The van der Waals surface area contributed by atoms with E-state index in [9.17, 15) is 8.42 Å². The quantitative estimate of drug-likeness (QED) is 0.317. The molecule has 0 aromatic rings. The molecule has 4 nitrogen and oxygen atoms in total. The van der Waals surface area contributed by atoms with Gasteiger partial charge in [0, 0.05) is 0 Å². The zero-order chi connectivity index (χ0) is 5.91. The molecule has 0 aromatic carbocycles. The van der Waals surface area contributed by atoms with Crippen molar-refractivity contribution in [1.29, 1.82) is 0 Å². The van der Waals surface area contributed by atoms with Crippen LogP contribution in [0.1, 0.15) is 6.92 Å². The van der Waals surface area contributed by atoms with Gasteiger partial charge in [-0.05, 0) is 6.92 Å². The summed E-state index contributed by atoms with van der Waals surface area (Å²) in [4.78, 5) is 0. The molecule has 0 saturated carbocycles. The van der Waals surface area contributed by atoms with Crippen LogP contribution in [0.4, 0.5) is 0 Å². The second-order valence-corrected chi connectivity index (χ2v) is 2.76. The van der Waals surface area contributed by atoms with Crippen LogP contribution in [-0.2, 0) is 14.5 Å². The van der Waals surface area contributed by atoms with E-state index in [-0.39, 0.29) is 35.3 Å². The molecule has 0 bridgehead atoms. The molecule has 0 rings (SSSR count). The summed E-state index contributed by atoms with van der Waals surface area (Å²) in [7, 11) is -3.60. The van der Waals surface area contributed by atoms with Crippen molar-refractivity contribution in [2.45, 2.75) is 6.92 Å². The van der Waals surface area contributed by atoms with E-state index in [1.807, 2.05) is 0 Å². The first-order valence-corrected chi connectivity index (χ1v) is 3.26. The predicted molar refractivity (Wildman–Crippen MR) is 30.3 cm³/mol. The van der Waals surface area contributed by atoms with Crippen LogP contribution in [0.25, 0.3) is 0 Å². The molecule has 0 radical (unpaired) electrons. The molecule has 0 amide bonds. The second kappa shape index (κ2) is 4.72. The minimum atomic E-state index is -3.60. The summed E-state index contributed by atoms with van der Waals surface area (Å²) in [6.45, 7) is 1.37. The molecular formula is C2H7NaO4S. The third-order valence-electron chi connectivity index (χ3n) is 0.467. The second-order valence-electron chi connectivity index (χ2n) is 0.921. The van der Waals surface area contributed by atoms with Crippen LogP contribution in [0.15, 0.2) is 0 Å². The van der Waals surface area contributed by atoms with E-state index in [0.717, 1.165) is 0 Å². The van der Waals surface area contributed by atoms with E-state index in [1.165, 1.54) is 6.92 Å². The van der Waals surface area contributed by atoms with Crippen molar-refractivity contribution < 1.29 is 18.0 Å². The number of rotatable bonds is 2. The number of hydrogen-bond donors (Lipinski definition) is 1. The zero-order valence-electron chi connectivity index (χ0n) is 3.79. The summed E-state index contributed by atoms with van der Waals surface area (Å²) in [5, 5.41) is 7.51. The Hall–Kier alpha value is 0.870. The monoisotopic (exact) mass is 150 g/mol. The van der Waals surface area contributed by atoms with Crippen molar-refractivity contribution in [2.24, 2.45) is 0 Å². The van der Waals surface area contributed by atoms with Crippen LogP contribution in [0.5, 0.6) is 0 Å². The normalized spacial score (nSPS) is 10.2. The van der Waals surface area contributed by atoms with Crippen LogP contribution in [0.3, 0.4) is 0 Å². The Kier molecular flexibility index (Phi) is 6.87. The minimum absolute atomic E-state index is 0. The molecule has 0 aliphatic carbocycles. The summed E-state index contributed by atoms with van der Waals surface area (Å²) < 4.78 is 22.9. The van der Waals surface area contributed by atoms with Crippen molar-refractivity contribution in [2.75, 3.05) is 5.75 Å². The summed E-state index contributed by atoms with van der Waals surface area (Å²) in [5.41, 5.74) is 0. The Bertz CT molecular complexity index is 117. The first kappa shape index (κ1) is 11.6. The van der Waals surface area contributed by atoms with Crippen molar-refractivity contribution in [3.05, 3.63) is 0 Å². The maximum atomic E-state index is 9.90. The molecule has 0 atom stereocenters. The van der Waals surface area contributed by atoms with Crippen LogP contribution in [0.2, 0.25) is 0 Å². The van der Waals surface area contributed by atoms with Gasteiger partial charge in [0.05, 0.1) is 5.75 Å². The SMILES string of the molecule is CCS(=O)(=O)OO.[NaH]. The Morgan fingerprint density at radius 3 is 2.00 bits per heavy atom. The Morgan fingerprint density at radius 1 is 1.62 bits per heavy atom. The Morgan fingerprint density at radius 2 is 2.00 bits per heavy atom. The fourth-order valence-electron chi connectivity index (χ4n) is 0.0527. The van der Waals surface area contributed by atoms with E-state index in [4.69, 9.17) is 5.26 Å². The van der Waals surface area contributed by atoms with E-state index >= 15 is 0 Å². The first-order valence-electron chi connectivity index (χ1n) is 1.68. The van der Waals surface area contributed by atoms with Crippen molar-refractivity contribution in [3.63, 3.8) is 0 Å². The molecule has 0 aromatic heterocycles. The summed E-state index contributed by atoms with van der Waals surface area (Å²) >= 11 is 0. The molecule has 0 aliphatic rings. The van der Waals surface area contributed by atoms with Crippen LogP contribution in [-0.4, -0.2) is 49.0 Å². The maximum absolute atomic E-state index is 9.90. The van der Waals surface area contributed by atoms with Crippen molar-refractivity contribution >= 4 is 39.7 Å². The van der Waals surface area contributed by atoms with Gasteiger partial charge in [0.25, 0.3) is 10.1 Å². The molecule has 0 fully saturated rings. The van der Waals surface area contributed by atoms with Gasteiger partial charge in [0.2, 0.25) is 0 Å². The third-order valence-corrected chi connectivity index (χ3v) is 1.40. The molecule has 46 valence electrons. The fourth-order valence-corrected chi connectivity index (χ4v) is 0.158. The van der Waals surface area contributed by atoms with Crippen molar-refractivity contribution in [3.8, 4) is 0 Å². The standard InChI is InChI=1S/C2H6O4S.Na.H/c1-2-7(4,5)6-3;;/h3H,2H2,1H3;;. The van der Waals surface area contributed by atoms with E-state index in [1.54, 1.807) is 0 Å². The Balaban J connectivity index is 0. The third kappa shape index (κ3) is 5.02. The molecule has 0 aliphatic heterocycles. The topological polar surface area (TPSA) is 63.6 Å². The van der Waals surface area contributed by atoms with Gasteiger partial charge in [-0.25, -0.2) is 5.26 Å². The van der Waals surface area contributed by atoms with E-state index < -0.39 is 10.1 Å². The van der Waals surface area contributed by atoms with Gasteiger partial charge in [-0.15, -0.1) is 4.33 Å². The average Bonchev–Trinajstić information content (AvgIpc) is 1.68. The zero-order valence-corrected chi connectivity index (χ0v) is 4.60. The van der Waals surface area contributed by atoms with Gasteiger partial charge >= 0.3 is 29.6 Å². The van der Waals surface area contributed by atoms with Crippen LogP contribution >= 0.6 is 0 Å². The predicted octanol–water partition coefficient (Wildman–Crippen LogP) is -0.823. The van der Waals surface area contributed by atoms with Crippen LogP contribution in [0, 0.1) is 0 Å². The number of hydrogen-bond acceptors (Lipinski definition) is 4. The van der Waals surface area contributed by atoms with Gasteiger partial charge in [0.15, 0.2) is 0 Å². The van der Waals surface area contributed by atoms with Gasteiger partial charge < -0.3 is 0 Å². The van der Waals surface area contributed by atoms with E-state index in [2.05, 4.69) is 4.33 Å². The molecule has 0 spiro atoms. The summed E-state index contributed by atoms with van der Waals surface area (Å²) in [6.07, 6.45) is 0. The first-order chi connectivity index (χ1) is 3.12. The fraction of sp³-hybridized carbons (Fsp3) is 1.00. The van der Waals surface area contributed by atoms with Gasteiger partial charge in [-0.3, -0.25) is 0 Å². The van der Waals surface area contributed by atoms with Crippen LogP contribution < -0.4 is 0 Å². The van der Waals surface area contributed by atoms with E-state index in [0.29, 0.717) is 0 Å². The van der Waals surface area contributed by atoms with Crippen molar-refractivity contribution in [1.82, 2.24) is 0 Å². The summed E-state index contributed by atoms with van der Waals surface area (Å²) in [5.74, 6) is -0.205. The molecule has 0 heterocycles. The average molecular weight is 150 g/mol. The van der Waals surface area contributed by atoms with Gasteiger partial charge in [-0.2, -0.15) is 8.42 Å². The molecule has 8 heavy (non-hydrogen) atoms. The molecular weight excluding hydrogens is 143 g/mol. The van der Waals surface area contributed by atoms with Gasteiger partial charge in [-0.1, -0.05) is 0 Å². The molecule has 0 saturated heterocycles. The Labute approximate surface area is 70.2 Å². The summed E-state index contributed by atoms with van der Waals surface area (Å²) in [6, 6.07) is 0. The molecule has 6 heteroatoms. The molecule has 1 N–H and O–H groups in total. The molecule has 0 unspecified atom stereocenters.